The van der Waals surface area contributed by atoms with Gasteiger partial charge in [-0.2, -0.15) is 5.10 Å². The van der Waals surface area contributed by atoms with Gasteiger partial charge in [-0.15, -0.1) is 0 Å². The second-order valence-corrected chi connectivity index (χ2v) is 12.3. The normalized spacial score (nSPS) is 16.3. The smallest absolute Gasteiger partial charge is 0.410 e. The van der Waals surface area contributed by atoms with E-state index in [0.717, 1.165) is 4.90 Å². The highest BCUT2D eigenvalue weighted by molar-refractivity contribution is 6.42. The molecule has 222 valence electrons. The molecule has 2 aliphatic heterocycles. The van der Waals surface area contributed by atoms with Crippen LogP contribution >= 0.6 is 0 Å². The molecular weight excluding hydrogens is 566 g/mol. The summed E-state index contributed by atoms with van der Waals surface area (Å²) in [6.07, 6.45) is 2.84. The first-order chi connectivity index (χ1) is 20.7. The van der Waals surface area contributed by atoms with Crippen LogP contribution in [0.2, 0.25) is 0 Å². The van der Waals surface area contributed by atoms with E-state index in [0.29, 0.717) is 41.9 Å². The zero-order valence-corrected chi connectivity index (χ0v) is 24.8. The van der Waals surface area contributed by atoms with Crippen molar-refractivity contribution in [3.05, 3.63) is 77.2 Å². The van der Waals surface area contributed by atoms with Gasteiger partial charge >= 0.3 is 6.09 Å². The van der Waals surface area contributed by atoms with Crippen molar-refractivity contribution < 1.29 is 27.8 Å². The van der Waals surface area contributed by atoms with E-state index in [1.165, 1.54) is 24.4 Å². The van der Waals surface area contributed by atoms with Crippen LogP contribution < -0.4 is 4.74 Å². The summed E-state index contributed by atoms with van der Waals surface area (Å²) in [6, 6.07) is 8.94. The van der Waals surface area contributed by atoms with Crippen LogP contribution in [0.5, 0.6) is 5.75 Å². The number of aromatic nitrogens is 3. The molecule has 2 amide bonds. The Bertz CT molecular complexity index is 1780. The molecule has 2 aromatic heterocycles. The summed E-state index contributed by atoms with van der Waals surface area (Å²) in [5.41, 5.74) is 0.779. The molecule has 0 saturated carbocycles. The minimum Gasteiger partial charge on any atom is -0.491 e. The van der Waals surface area contributed by atoms with Gasteiger partial charge in [0.2, 0.25) is 0 Å². The molecule has 4 radical (unpaired) electrons. The molecule has 6 rings (SSSR count). The topological polar surface area (TPSA) is 89.8 Å². The summed E-state index contributed by atoms with van der Waals surface area (Å²) in [7, 11) is 14.1. The number of amides is 2. The SMILES string of the molecule is [B]C1([B])c2ncccc2C(=O)N1Cc1c(F)cc(-c2ccc(OCC3CN(C(=O)OC(C)(C)C)C3)c3nn(C)cc23)cc1F. The number of benzene rings is 2. The van der Waals surface area contributed by atoms with Gasteiger partial charge < -0.3 is 19.3 Å². The van der Waals surface area contributed by atoms with Crippen molar-refractivity contribution >= 4 is 38.6 Å². The zero-order valence-electron chi connectivity index (χ0n) is 24.8. The van der Waals surface area contributed by atoms with Crippen molar-refractivity contribution in [1.29, 1.82) is 0 Å². The number of carbonyl (C=O) groups is 2. The van der Waals surface area contributed by atoms with Gasteiger partial charge in [0.1, 0.15) is 28.5 Å². The van der Waals surface area contributed by atoms with Crippen LogP contribution in [0.1, 0.15) is 42.4 Å². The van der Waals surface area contributed by atoms with Crippen molar-refractivity contribution in [2.45, 2.75) is 38.3 Å². The fraction of sp³-hybridized carbons (Fsp3) is 0.355. The number of fused-ring (bicyclic) bond motifs is 2. The molecule has 2 aliphatic rings. The van der Waals surface area contributed by atoms with Gasteiger partial charge in [-0.25, -0.2) is 13.6 Å². The van der Waals surface area contributed by atoms with Crippen LogP contribution in [0.25, 0.3) is 22.0 Å². The maximum Gasteiger partial charge on any atom is 0.410 e. The van der Waals surface area contributed by atoms with E-state index in [-0.39, 0.29) is 34.4 Å². The number of carbonyl (C=O) groups excluding carboxylic acids is 2. The molecule has 0 atom stereocenters. The molecule has 0 spiro atoms. The van der Waals surface area contributed by atoms with E-state index >= 15 is 8.78 Å². The number of nitrogens with zero attached hydrogens (tertiary/aromatic N) is 5. The van der Waals surface area contributed by atoms with Crippen LogP contribution in [0.3, 0.4) is 0 Å². The summed E-state index contributed by atoms with van der Waals surface area (Å²) in [5.74, 6) is -1.63. The van der Waals surface area contributed by atoms with E-state index in [9.17, 15) is 9.59 Å². The van der Waals surface area contributed by atoms with Crippen LogP contribution in [0.15, 0.2) is 48.8 Å². The number of hydrogen-bond acceptors (Lipinski definition) is 6. The number of aryl methyl sites for hydroxylation is 1. The van der Waals surface area contributed by atoms with Crippen molar-refractivity contribution in [2.75, 3.05) is 19.7 Å². The molecule has 0 bridgehead atoms. The zero-order chi connectivity index (χ0) is 31.6. The molecule has 44 heavy (non-hydrogen) atoms. The van der Waals surface area contributed by atoms with Gasteiger partial charge in [-0.05, 0) is 68.3 Å². The van der Waals surface area contributed by atoms with Crippen molar-refractivity contribution in [2.24, 2.45) is 13.0 Å². The lowest BCUT2D eigenvalue weighted by molar-refractivity contribution is -0.00775. The Morgan fingerprint density at radius 3 is 2.48 bits per heavy atom. The lowest BCUT2D eigenvalue weighted by Gasteiger charge is -2.39. The number of pyridine rings is 1. The first-order valence-electron chi connectivity index (χ1n) is 14.1. The van der Waals surface area contributed by atoms with Crippen LogP contribution in [0.4, 0.5) is 13.6 Å². The molecule has 4 heterocycles. The Balaban J connectivity index is 1.20. The fourth-order valence-electron chi connectivity index (χ4n) is 5.53. The van der Waals surface area contributed by atoms with Crippen LogP contribution in [-0.4, -0.2) is 77.6 Å². The second-order valence-electron chi connectivity index (χ2n) is 12.3. The molecular formula is C31H29B2F2N5O4. The third-order valence-electron chi connectivity index (χ3n) is 7.71. The molecule has 0 aliphatic carbocycles. The van der Waals surface area contributed by atoms with E-state index in [2.05, 4.69) is 10.1 Å². The van der Waals surface area contributed by atoms with Gasteiger partial charge in [-0.3, -0.25) is 14.5 Å². The van der Waals surface area contributed by atoms with Gasteiger partial charge in [0.25, 0.3) is 5.91 Å². The predicted octanol–water partition coefficient (Wildman–Crippen LogP) is 4.26. The maximum absolute atomic E-state index is 15.5. The monoisotopic (exact) mass is 595 g/mol. The Kier molecular flexibility index (Phi) is 7.17. The Morgan fingerprint density at radius 1 is 1.11 bits per heavy atom. The number of likely N-dealkylation sites (tertiary alicyclic amines) is 1. The van der Waals surface area contributed by atoms with Gasteiger partial charge in [0.05, 0.1) is 40.1 Å². The second kappa shape index (κ2) is 10.6. The minimum absolute atomic E-state index is 0.128. The molecule has 0 unspecified atom stereocenters. The fourth-order valence-corrected chi connectivity index (χ4v) is 5.53. The van der Waals surface area contributed by atoms with Gasteiger partial charge in [-0.1, -0.05) is 0 Å². The lowest BCUT2D eigenvalue weighted by Crippen LogP contribution is -2.53. The largest absolute Gasteiger partial charge is 0.491 e. The summed E-state index contributed by atoms with van der Waals surface area (Å²) in [5, 5.41) is 3.34. The Hall–Kier alpha value is -4.41. The lowest BCUT2D eigenvalue weighted by atomic mass is 9.59. The summed E-state index contributed by atoms with van der Waals surface area (Å²) in [4.78, 5) is 31.9. The maximum atomic E-state index is 15.5. The molecule has 1 fully saturated rings. The summed E-state index contributed by atoms with van der Waals surface area (Å²) < 4.78 is 44.1. The minimum atomic E-state index is -1.82. The van der Waals surface area contributed by atoms with Crippen molar-refractivity contribution in [3.63, 3.8) is 0 Å². The molecule has 2 aromatic carbocycles. The molecule has 4 aromatic rings. The third kappa shape index (κ3) is 5.28. The standard InChI is InChI=1S/C31H29B2F2N5O4/c1-30(2,3)44-29(42)39-12-17(13-39)16-43-25-8-7-19(21-14-38(4)37-26(21)25)18-10-23(34)22(24(35)11-18)15-40-28(41)20-6-5-9-36-27(20)31(40,32)33/h5-11,14,17H,12-13,15-16H2,1-4H3. The first kappa shape index (κ1) is 29.7. The highest BCUT2D eigenvalue weighted by Crippen LogP contribution is 2.38. The highest BCUT2D eigenvalue weighted by Gasteiger charge is 2.43. The van der Waals surface area contributed by atoms with E-state index < -0.39 is 35.0 Å². The number of rotatable bonds is 6. The number of ether oxygens (including phenoxy) is 2. The quantitative estimate of drug-likeness (QED) is 0.310. The highest BCUT2D eigenvalue weighted by atomic mass is 19.1. The van der Waals surface area contributed by atoms with Gasteiger partial charge in [0.15, 0.2) is 0 Å². The summed E-state index contributed by atoms with van der Waals surface area (Å²) >= 11 is 0. The Labute approximate surface area is 255 Å². The average Bonchev–Trinajstić information content (AvgIpc) is 3.39. The van der Waals surface area contributed by atoms with Crippen LogP contribution in [0, 0.1) is 17.6 Å². The van der Waals surface area contributed by atoms with E-state index in [4.69, 9.17) is 25.2 Å². The van der Waals surface area contributed by atoms with Crippen molar-refractivity contribution in [3.8, 4) is 16.9 Å². The molecule has 0 N–H and O–H groups in total. The van der Waals surface area contributed by atoms with E-state index in [1.54, 1.807) is 41.0 Å². The first-order valence-corrected chi connectivity index (χ1v) is 14.1. The van der Waals surface area contributed by atoms with Crippen molar-refractivity contribution in [1.82, 2.24) is 24.6 Å². The number of halogens is 2. The Morgan fingerprint density at radius 2 is 1.82 bits per heavy atom. The molecule has 1 saturated heterocycles. The summed E-state index contributed by atoms with van der Waals surface area (Å²) in [6.45, 7) is 6.38. The molecule has 13 heteroatoms. The third-order valence-corrected chi connectivity index (χ3v) is 7.71. The molecule has 9 nitrogen and oxygen atoms in total. The van der Waals surface area contributed by atoms with E-state index in [1.807, 2.05) is 20.8 Å². The van der Waals surface area contributed by atoms with Gasteiger partial charge in [0, 0.05) is 54.7 Å². The van der Waals surface area contributed by atoms with Crippen LogP contribution in [-0.2, 0) is 23.7 Å². The average molecular weight is 595 g/mol. The number of hydrogen-bond donors (Lipinski definition) is 0. The predicted molar refractivity (Wildman–Crippen MR) is 160 cm³/mol.